The molecule has 0 saturated heterocycles. The lowest BCUT2D eigenvalue weighted by atomic mass is 10.0. The average molecular weight is 661 g/mol. The molecule has 0 radical (unpaired) electrons. The van der Waals surface area contributed by atoms with Gasteiger partial charge in [-0.3, -0.25) is 13.9 Å². The van der Waals surface area contributed by atoms with Crippen LogP contribution in [0.3, 0.4) is 0 Å². The van der Waals surface area contributed by atoms with Crippen LogP contribution < -0.4 is 14.4 Å². The van der Waals surface area contributed by atoms with Crippen molar-refractivity contribution in [2.75, 3.05) is 24.2 Å². The molecule has 0 spiro atoms. The van der Waals surface area contributed by atoms with E-state index in [2.05, 4.69) is 5.32 Å². The van der Waals surface area contributed by atoms with E-state index in [1.165, 1.54) is 11.4 Å². The molecule has 1 atom stereocenters. The van der Waals surface area contributed by atoms with Crippen LogP contribution in [-0.2, 0) is 32.6 Å². The summed E-state index contributed by atoms with van der Waals surface area (Å²) in [5.74, 6) is -0.0648. The van der Waals surface area contributed by atoms with E-state index >= 15 is 0 Å². The Kier molecular flexibility index (Phi) is 11.9. The van der Waals surface area contributed by atoms with Crippen LogP contribution in [0, 0.1) is 0 Å². The van der Waals surface area contributed by atoms with Crippen molar-refractivity contribution >= 4 is 50.7 Å². The van der Waals surface area contributed by atoms with Gasteiger partial charge in [-0.1, -0.05) is 84.6 Å². The van der Waals surface area contributed by atoms with E-state index < -0.39 is 16.1 Å². The minimum atomic E-state index is -3.67. The van der Waals surface area contributed by atoms with Gasteiger partial charge in [0, 0.05) is 32.0 Å². The van der Waals surface area contributed by atoms with Gasteiger partial charge in [-0.15, -0.1) is 0 Å². The number of sulfonamides is 1. The van der Waals surface area contributed by atoms with E-state index in [9.17, 15) is 18.0 Å². The highest BCUT2D eigenvalue weighted by Gasteiger charge is 2.32. The summed E-state index contributed by atoms with van der Waals surface area (Å²) < 4.78 is 32.2. The van der Waals surface area contributed by atoms with Gasteiger partial charge in [0.1, 0.15) is 11.8 Å². The first-order valence-corrected chi connectivity index (χ1v) is 17.4. The van der Waals surface area contributed by atoms with Crippen LogP contribution in [0.4, 0.5) is 5.69 Å². The molecule has 0 bridgehead atoms. The molecule has 11 heteroatoms. The normalized spacial score (nSPS) is 14.2. The van der Waals surface area contributed by atoms with E-state index in [-0.39, 0.29) is 43.8 Å². The lowest BCUT2D eigenvalue weighted by Gasteiger charge is -2.33. The van der Waals surface area contributed by atoms with Crippen LogP contribution in [0.1, 0.15) is 49.7 Å². The molecule has 3 aromatic rings. The van der Waals surface area contributed by atoms with Crippen molar-refractivity contribution in [1.82, 2.24) is 10.2 Å². The van der Waals surface area contributed by atoms with Gasteiger partial charge in [0.2, 0.25) is 21.8 Å². The molecule has 3 aromatic carbocycles. The molecule has 1 aliphatic rings. The summed E-state index contributed by atoms with van der Waals surface area (Å²) in [6, 6.07) is 20.9. The Morgan fingerprint density at radius 1 is 0.955 bits per heavy atom. The number of methoxy groups -OCH3 is 1. The molecule has 4 rings (SSSR count). The molecule has 1 fully saturated rings. The van der Waals surface area contributed by atoms with Gasteiger partial charge in [0.25, 0.3) is 0 Å². The van der Waals surface area contributed by atoms with Crippen molar-refractivity contribution in [2.45, 2.75) is 63.6 Å². The highest BCUT2D eigenvalue weighted by molar-refractivity contribution is 7.92. The summed E-state index contributed by atoms with van der Waals surface area (Å²) in [4.78, 5) is 29.5. The fourth-order valence-corrected chi connectivity index (χ4v) is 6.86. The van der Waals surface area contributed by atoms with Crippen LogP contribution in [-0.4, -0.2) is 57.1 Å². The number of carbonyl (C=O) groups excluding carboxylic acids is 2. The lowest BCUT2D eigenvalue weighted by molar-refractivity contribution is -0.141. The second kappa shape index (κ2) is 15.6. The standard InChI is InChI=1S/C33H39Cl2N3O5S/c1-43-31-16-9-8-15-29(31)38(44(2,41)42)20-10-17-32(39)37(23-25-18-19-27(34)28(35)21-25)30(22-24-11-4-3-5-12-24)33(40)36-26-13-6-7-14-26/h3-5,8-9,11-12,15-16,18-19,21,26,30H,6-7,10,13-14,17,20,22-23H2,1-2H3,(H,36,40)/t30-/m1/s1. The van der Waals surface area contributed by atoms with Crippen LogP contribution in [0.15, 0.2) is 72.8 Å². The fourth-order valence-electron chi connectivity index (χ4n) is 5.57. The Bertz CT molecular complexity index is 1530. The second-order valence-corrected chi connectivity index (χ2v) is 13.8. The smallest absolute Gasteiger partial charge is 0.243 e. The number of hydrogen-bond acceptors (Lipinski definition) is 5. The first-order chi connectivity index (χ1) is 21.1. The maximum absolute atomic E-state index is 14.1. The fraction of sp³-hybridized carbons (Fsp3) is 0.394. The third-order valence-electron chi connectivity index (χ3n) is 7.82. The van der Waals surface area contributed by atoms with Crippen molar-refractivity contribution in [2.24, 2.45) is 0 Å². The number of nitrogens with one attached hydrogen (secondary N) is 1. The Morgan fingerprint density at radius 2 is 1.64 bits per heavy atom. The molecule has 1 saturated carbocycles. The largest absolute Gasteiger partial charge is 0.495 e. The third kappa shape index (κ3) is 9.13. The van der Waals surface area contributed by atoms with Crippen molar-refractivity contribution in [1.29, 1.82) is 0 Å². The number of carbonyl (C=O) groups is 2. The van der Waals surface area contributed by atoms with Crippen LogP contribution in [0.5, 0.6) is 5.75 Å². The first kappa shape index (κ1) is 33.6. The average Bonchev–Trinajstić information content (AvgIpc) is 3.51. The summed E-state index contributed by atoms with van der Waals surface area (Å²) in [5.41, 5.74) is 2.05. The third-order valence-corrected chi connectivity index (χ3v) is 9.73. The molecule has 1 N–H and O–H groups in total. The van der Waals surface area contributed by atoms with Gasteiger partial charge in [0.05, 0.1) is 29.1 Å². The molecule has 0 heterocycles. The monoisotopic (exact) mass is 659 g/mol. The summed E-state index contributed by atoms with van der Waals surface area (Å²) in [6.07, 6.45) is 5.63. The number of rotatable bonds is 14. The molecular formula is C33H39Cl2N3O5S. The van der Waals surface area contributed by atoms with Crippen molar-refractivity contribution in [3.8, 4) is 5.75 Å². The molecule has 1 aliphatic carbocycles. The zero-order valence-electron chi connectivity index (χ0n) is 25.0. The van der Waals surface area contributed by atoms with Crippen molar-refractivity contribution in [3.05, 3.63) is 94.0 Å². The van der Waals surface area contributed by atoms with Crippen molar-refractivity contribution < 1.29 is 22.7 Å². The zero-order chi connectivity index (χ0) is 31.7. The van der Waals surface area contributed by atoms with Crippen molar-refractivity contribution in [3.63, 3.8) is 0 Å². The number of anilines is 1. The number of hydrogen-bond donors (Lipinski definition) is 1. The minimum absolute atomic E-state index is 0.0183. The Hall–Kier alpha value is -3.27. The number of para-hydroxylation sites is 2. The van der Waals surface area contributed by atoms with Gasteiger partial charge in [-0.25, -0.2) is 8.42 Å². The quantitative estimate of drug-likeness (QED) is 0.221. The number of halogens is 2. The maximum atomic E-state index is 14.1. The SMILES string of the molecule is COc1ccccc1N(CCCC(=O)N(Cc1ccc(Cl)c(Cl)c1)[C@H](Cc1ccccc1)C(=O)NC1CCCC1)S(C)(=O)=O. The van der Waals surface area contributed by atoms with Gasteiger partial charge >= 0.3 is 0 Å². The Labute approximate surface area is 270 Å². The molecule has 0 aromatic heterocycles. The topological polar surface area (TPSA) is 96.0 Å². The van der Waals surface area contributed by atoms with Gasteiger partial charge in [0.15, 0.2) is 0 Å². The predicted octanol–water partition coefficient (Wildman–Crippen LogP) is 6.25. The molecule has 44 heavy (non-hydrogen) atoms. The van der Waals surface area contributed by atoms with E-state index in [0.717, 1.165) is 43.1 Å². The lowest BCUT2D eigenvalue weighted by Crippen LogP contribution is -2.52. The van der Waals surface area contributed by atoms with Gasteiger partial charge < -0.3 is 15.0 Å². The molecule has 2 amide bonds. The molecule has 8 nitrogen and oxygen atoms in total. The van der Waals surface area contributed by atoms with Crippen LogP contribution in [0.25, 0.3) is 0 Å². The number of amides is 2. The maximum Gasteiger partial charge on any atom is 0.243 e. The predicted molar refractivity (Wildman–Crippen MR) is 176 cm³/mol. The zero-order valence-corrected chi connectivity index (χ0v) is 27.4. The van der Waals surface area contributed by atoms with Gasteiger partial charge in [-0.2, -0.15) is 0 Å². The number of benzene rings is 3. The molecule has 236 valence electrons. The first-order valence-electron chi connectivity index (χ1n) is 14.7. The highest BCUT2D eigenvalue weighted by atomic mass is 35.5. The summed E-state index contributed by atoms with van der Waals surface area (Å²) in [6.45, 7) is 0.191. The van der Waals surface area contributed by atoms with E-state index in [0.29, 0.717) is 27.9 Å². The minimum Gasteiger partial charge on any atom is -0.495 e. The summed E-state index contributed by atoms with van der Waals surface area (Å²) in [5, 5.41) is 3.94. The number of ether oxygens (including phenoxy) is 1. The van der Waals surface area contributed by atoms with Crippen LogP contribution >= 0.6 is 23.2 Å². The molecule has 0 unspecified atom stereocenters. The van der Waals surface area contributed by atoms with Gasteiger partial charge in [-0.05, 0) is 54.7 Å². The van der Waals surface area contributed by atoms with E-state index in [1.54, 1.807) is 47.4 Å². The van der Waals surface area contributed by atoms with E-state index in [1.807, 2.05) is 30.3 Å². The Balaban J connectivity index is 1.61. The molecule has 0 aliphatic heterocycles. The summed E-state index contributed by atoms with van der Waals surface area (Å²) >= 11 is 12.5. The highest BCUT2D eigenvalue weighted by Crippen LogP contribution is 2.30. The van der Waals surface area contributed by atoms with E-state index in [4.69, 9.17) is 27.9 Å². The number of nitrogens with zero attached hydrogens (tertiary/aromatic N) is 2. The van der Waals surface area contributed by atoms with Crippen LogP contribution in [0.2, 0.25) is 10.0 Å². The second-order valence-electron chi connectivity index (χ2n) is 11.1. The summed E-state index contributed by atoms with van der Waals surface area (Å²) in [7, 11) is -2.19. The molecular weight excluding hydrogens is 621 g/mol. The Morgan fingerprint density at radius 3 is 2.30 bits per heavy atom.